The van der Waals surface area contributed by atoms with Crippen LogP contribution >= 0.6 is 0 Å². The maximum atomic E-state index is 12.2. The number of anilines is 1. The largest absolute Gasteiger partial charge is 0.330 e. The van der Waals surface area contributed by atoms with Crippen molar-refractivity contribution in [2.75, 3.05) is 31.5 Å². The third-order valence-corrected chi connectivity index (χ3v) is 4.33. The molecule has 1 saturated heterocycles. The van der Waals surface area contributed by atoms with Gasteiger partial charge in [-0.2, -0.15) is 0 Å². The normalized spacial score (nSPS) is 22.7. The van der Waals surface area contributed by atoms with E-state index in [-0.39, 0.29) is 11.3 Å². The quantitative estimate of drug-likeness (QED) is 0.875. The molecule has 0 saturated carbocycles. The Balaban J connectivity index is 1.89. The number of amides is 1. The summed E-state index contributed by atoms with van der Waals surface area (Å²) in [5, 5.41) is 3.00. The minimum atomic E-state index is 0.0529. The molecule has 1 heterocycles. The summed E-state index contributed by atoms with van der Waals surface area (Å²) in [6, 6.07) is 8.08. The van der Waals surface area contributed by atoms with E-state index in [9.17, 15) is 4.79 Å². The lowest BCUT2D eigenvalue weighted by Crippen LogP contribution is -2.35. The molecule has 2 rings (SSSR count). The van der Waals surface area contributed by atoms with Crippen molar-refractivity contribution in [3.05, 3.63) is 29.8 Å². The average molecular weight is 289 g/mol. The van der Waals surface area contributed by atoms with Crippen molar-refractivity contribution in [2.45, 2.75) is 33.1 Å². The number of carbonyl (C=O) groups excluding carboxylic acids is 1. The van der Waals surface area contributed by atoms with Gasteiger partial charge >= 0.3 is 0 Å². The third-order valence-electron chi connectivity index (χ3n) is 4.33. The highest BCUT2D eigenvalue weighted by Gasteiger charge is 2.33. The van der Waals surface area contributed by atoms with Gasteiger partial charge in [0.1, 0.15) is 0 Å². The van der Waals surface area contributed by atoms with Crippen LogP contribution < -0.4 is 11.1 Å². The number of benzene rings is 1. The Labute approximate surface area is 127 Å². The zero-order valence-electron chi connectivity index (χ0n) is 13.4. The highest BCUT2D eigenvalue weighted by atomic mass is 16.2. The van der Waals surface area contributed by atoms with Gasteiger partial charge in [-0.25, -0.2) is 0 Å². The number of nitrogens with one attached hydrogen (secondary N) is 1. The second kappa shape index (κ2) is 6.58. The van der Waals surface area contributed by atoms with E-state index in [1.54, 1.807) is 0 Å². The molecule has 0 aliphatic carbocycles. The molecule has 1 aromatic rings. The topological polar surface area (TPSA) is 58.4 Å². The van der Waals surface area contributed by atoms with Crippen LogP contribution in [-0.2, 0) is 4.79 Å². The van der Waals surface area contributed by atoms with Crippen LogP contribution in [0.1, 0.15) is 38.7 Å². The maximum Gasteiger partial charge on any atom is 0.238 e. The molecule has 3 N–H and O–H groups in total. The van der Waals surface area contributed by atoms with Crippen LogP contribution in [-0.4, -0.2) is 37.0 Å². The molecule has 0 spiro atoms. The van der Waals surface area contributed by atoms with Crippen molar-refractivity contribution < 1.29 is 4.79 Å². The summed E-state index contributed by atoms with van der Waals surface area (Å²) >= 11 is 0. The lowest BCUT2D eigenvalue weighted by atomic mass is 9.90. The minimum absolute atomic E-state index is 0.0529. The van der Waals surface area contributed by atoms with Crippen molar-refractivity contribution >= 4 is 11.6 Å². The van der Waals surface area contributed by atoms with Gasteiger partial charge in [0.2, 0.25) is 5.91 Å². The van der Waals surface area contributed by atoms with E-state index in [1.807, 2.05) is 12.1 Å². The van der Waals surface area contributed by atoms with E-state index >= 15 is 0 Å². The van der Waals surface area contributed by atoms with Crippen LogP contribution in [0.5, 0.6) is 0 Å². The highest BCUT2D eigenvalue weighted by molar-refractivity contribution is 5.92. The lowest BCUT2D eigenvalue weighted by Gasteiger charge is -2.22. The Bertz CT molecular complexity index is 501. The second-order valence-corrected chi connectivity index (χ2v) is 6.80. The van der Waals surface area contributed by atoms with Gasteiger partial charge < -0.3 is 11.1 Å². The molecular weight excluding hydrogens is 262 g/mol. The van der Waals surface area contributed by atoms with Crippen molar-refractivity contribution in [1.29, 1.82) is 0 Å². The fraction of sp³-hybridized carbons (Fsp3) is 0.588. The summed E-state index contributed by atoms with van der Waals surface area (Å²) in [6.07, 6.45) is 1.07. The van der Waals surface area contributed by atoms with E-state index < -0.39 is 0 Å². The average Bonchev–Trinajstić information content (AvgIpc) is 2.81. The monoisotopic (exact) mass is 289 g/mol. The molecule has 4 nitrogen and oxygen atoms in total. The molecule has 0 bridgehead atoms. The maximum absolute atomic E-state index is 12.2. The van der Waals surface area contributed by atoms with E-state index in [0.29, 0.717) is 19.0 Å². The van der Waals surface area contributed by atoms with Crippen molar-refractivity contribution in [3.63, 3.8) is 0 Å². The second-order valence-electron chi connectivity index (χ2n) is 6.80. The molecule has 1 aromatic carbocycles. The number of nitrogens with two attached hydrogens (primary N) is 1. The smallest absolute Gasteiger partial charge is 0.238 e. The molecule has 116 valence electrons. The predicted octanol–water partition coefficient (Wildman–Crippen LogP) is 2.42. The molecule has 0 aromatic heterocycles. The Hall–Kier alpha value is -1.39. The molecule has 1 aliphatic heterocycles. The van der Waals surface area contributed by atoms with Crippen LogP contribution in [0, 0.1) is 5.41 Å². The molecule has 21 heavy (non-hydrogen) atoms. The first-order valence-corrected chi connectivity index (χ1v) is 7.74. The van der Waals surface area contributed by atoms with E-state index in [2.05, 4.69) is 43.1 Å². The molecule has 1 unspecified atom stereocenters. The zero-order chi connectivity index (χ0) is 15.5. The summed E-state index contributed by atoms with van der Waals surface area (Å²) in [4.78, 5) is 14.4. The van der Waals surface area contributed by atoms with Crippen molar-refractivity contribution in [3.8, 4) is 0 Å². The molecule has 0 radical (unpaired) electrons. The Morgan fingerprint density at radius 2 is 2.24 bits per heavy atom. The van der Waals surface area contributed by atoms with Gasteiger partial charge in [-0.15, -0.1) is 0 Å². The van der Waals surface area contributed by atoms with Crippen LogP contribution in [0.4, 0.5) is 5.69 Å². The molecule has 1 amide bonds. The fourth-order valence-corrected chi connectivity index (χ4v) is 2.81. The SMILES string of the molecule is CC(C)c1cccc(NC(=O)CN2CCC(C)(CN)C2)c1. The number of rotatable bonds is 5. The number of hydrogen-bond acceptors (Lipinski definition) is 3. The minimum Gasteiger partial charge on any atom is -0.330 e. The summed E-state index contributed by atoms with van der Waals surface area (Å²) in [5.74, 6) is 0.517. The summed E-state index contributed by atoms with van der Waals surface area (Å²) in [5.41, 5.74) is 8.09. The molecular formula is C17H27N3O. The lowest BCUT2D eigenvalue weighted by molar-refractivity contribution is -0.117. The van der Waals surface area contributed by atoms with Gasteiger partial charge in [0.25, 0.3) is 0 Å². The molecule has 1 atom stereocenters. The first-order chi connectivity index (χ1) is 9.92. The first kappa shape index (κ1) is 16.0. The zero-order valence-corrected chi connectivity index (χ0v) is 13.4. The Kier molecular flexibility index (Phi) is 5.01. The number of carbonyl (C=O) groups is 1. The fourth-order valence-electron chi connectivity index (χ4n) is 2.81. The van der Waals surface area contributed by atoms with E-state index in [4.69, 9.17) is 5.73 Å². The molecule has 4 heteroatoms. The third kappa shape index (κ3) is 4.29. The molecule has 1 aliphatic rings. The van der Waals surface area contributed by atoms with Gasteiger partial charge in [-0.3, -0.25) is 9.69 Å². The van der Waals surface area contributed by atoms with E-state index in [1.165, 1.54) is 5.56 Å². The van der Waals surface area contributed by atoms with Crippen LogP contribution in [0.25, 0.3) is 0 Å². The summed E-state index contributed by atoms with van der Waals surface area (Å²) in [6.45, 7) is 9.48. The van der Waals surface area contributed by atoms with Gasteiger partial charge in [-0.1, -0.05) is 32.9 Å². The van der Waals surface area contributed by atoms with Gasteiger partial charge in [0.15, 0.2) is 0 Å². The van der Waals surface area contributed by atoms with Crippen LogP contribution in [0.3, 0.4) is 0 Å². The van der Waals surface area contributed by atoms with Gasteiger partial charge in [0.05, 0.1) is 6.54 Å². The van der Waals surface area contributed by atoms with Gasteiger partial charge in [-0.05, 0) is 48.5 Å². The highest BCUT2D eigenvalue weighted by Crippen LogP contribution is 2.28. The summed E-state index contributed by atoms with van der Waals surface area (Å²) in [7, 11) is 0. The number of hydrogen-bond donors (Lipinski definition) is 2. The Morgan fingerprint density at radius 1 is 1.48 bits per heavy atom. The van der Waals surface area contributed by atoms with E-state index in [0.717, 1.165) is 25.2 Å². The summed E-state index contributed by atoms with van der Waals surface area (Å²) < 4.78 is 0. The standard InChI is InChI=1S/C17H27N3O/c1-13(2)14-5-4-6-15(9-14)19-16(21)10-20-8-7-17(3,11-18)12-20/h4-6,9,13H,7-8,10-12,18H2,1-3H3,(H,19,21). The Morgan fingerprint density at radius 3 is 2.86 bits per heavy atom. The molecule has 1 fully saturated rings. The van der Waals surface area contributed by atoms with Crippen LogP contribution in [0.2, 0.25) is 0 Å². The first-order valence-electron chi connectivity index (χ1n) is 7.74. The van der Waals surface area contributed by atoms with Crippen LogP contribution in [0.15, 0.2) is 24.3 Å². The van der Waals surface area contributed by atoms with Crippen molar-refractivity contribution in [2.24, 2.45) is 11.1 Å². The predicted molar refractivity (Wildman–Crippen MR) is 87.4 cm³/mol. The number of nitrogens with zero attached hydrogens (tertiary/aromatic N) is 1. The van der Waals surface area contributed by atoms with Crippen molar-refractivity contribution in [1.82, 2.24) is 4.90 Å². The number of likely N-dealkylation sites (tertiary alicyclic amines) is 1. The van der Waals surface area contributed by atoms with Gasteiger partial charge in [0, 0.05) is 12.2 Å².